The van der Waals surface area contributed by atoms with E-state index in [4.69, 9.17) is 9.15 Å². The molecule has 0 saturated carbocycles. The van der Waals surface area contributed by atoms with Crippen LogP contribution in [-0.4, -0.2) is 30.6 Å². The molecule has 0 aliphatic rings. The molecule has 1 atom stereocenters. The Morgan fingerprint density at radius 1 is 1.36 bits per heavy atom. The first kappa shape index (κ1) is 15.9. The number of carbonyl (C=O) groups is 1. The summed E-state index contributed by atoms with van der Waals surface area (Å²) in [7, 11) is 1.67. The summed E-state index contributed by atoms with van der Waals surface area (Å²) in [6.07, 6.45) is 1.21. The number of para-hydroxylation sites is 1. The van der Waals surface area contributed by atoms with E-state index in [0.29, 0.717) is 12.3 Å². The lowest BCUT2D eigenvalue weighted by molar-refractivity contribution is 0.183. The minimum Gasteiger partial charge on any atom is -0.486 e. The topological polar surface area (TPSA) is 54.7 Å². The molecule has 6 heteroatoms. The summed E-state index contributed by atoms with van der Waals surface area (Å²) in [4.78, 5) is 13.4. The van der Waals surface area contributed by atoms with Crippen molar-refractivity contribution < 1.29 is 18.3 Å². The molecule has 1 N–H and O–H groups in total. The predicted octanol–water partition coefficient (Wildman–Crippen LogP) is 3.03. The first-order chi connectivity index (χ1) is 10.6. The number of hydrogen-bond donors (Lipinski definition) is 1. The van der Waals surface area contributed by atoms with Crippen molar-refractivity contribution in [3.05, 3.63) is 54.2 Å². The van der Waals surface area contributed by atoms with E-state index < -0.39 is 5.82 Å². The zero-order valence-electron chi connectivity index (χ0n) is 12.6. The highest BCUT2D eigenvalue weighted by molar-refractivity contribution is 5.73. The first-order valence-electron chi connectivity index (χ1n) is 6.99. The van der Waals surface area contributed by atoms with Crippen LogP contribution >= 0.6 is 0 Å². The van der Waals surface area contributed by atoms with Crippen LogP contribution < -0.4 is 10.1 Å². The van der Waals surface area contributed by atoms with Crippen molar-refractivity contribution in [2.45, 2.75) is 19.6 Å². The van der Waals surface area contributed by atoms with Crippen LogP contribution in [0.1, 0.15) is 12.7 Å². The Morgan fingerprint density at radius 2 is 2.14 bits per heavy atom. The molecular formula is C16H19FN2O3. The van der Waals surface area contributed by atoms with Crippen molar-refractivity contribution in [1.29, 1.82) is 0 Å². The zero-order valence-corrected chi connectivity index (χ0v) is 12.6. The maximum atomic E-state index is 13.5. The van der Waals surface area contributed by atoms with E-state index in [2.05, 4.69) is 5.32 Å². The van der Waals surface area contributed by atoms with Gasteiger partial charge in [-0.3, -0.25) is 0 Å². The van der Waals surface area contributed by atoms with E-state index in [-0.39, 0.29) is 24.4 Å². The number of hydrogen-bond acceptors (Lipinski definition) is 3. The number of amides is 2. The molecular weight excluding hydrogens is 287 g/mol. The Bertz CT molecular complexity index is 601. The van der Waals surface area contributed by atoms with Gasteiger partial charge in [-0.1, -0.05) is 12.1 Å². The monoisotopic (exact) mass is 306 g/mol. The lowest BCUT2D eigenvalue weighted by Crippen LogP contribution is -2.41. The van der Waals surface area contributed by atoms with Crippen LogP contribution in [0.4, 0.5) is 9.18 Å². The summed E-state index contributed by atoms with van der Waals surface area (Å²) in [6, 6.07) is 9.49. The fourth-order valence-corrected chi connectivity index (χ4v) is 1.87. The van der Waals surface area contributed by atoms with Crippen molar-refractivity contribution in [1.82, 2.24) is 10.2 Å². The molecule has 1 aromatic heterocycles. The molecule has 5 nitrogen and oxygen atoms in total. The van der Waals surface area contributed by atoms with Gasteiger partial charge in [-0.05, 0) is 31.2 Å². The SMILES string of the molecule is C[C@H](CNC(=O)N(C)Cc1ccco1)Oc1ccccc1F. The van der Waals surface area contributed by atoms with Gasteiger partial charge < -0.3 is 19.4 Å². The minimum atomic E-state index is -0.421. The first-order valence-corrected chi connectivity index (χ1v) is 6.99. The summed E-state index contributed by atoms with van der Waals surface area (Å²) < 4.78 is 24.1. The second kappa shape index (κ2) is 7.49. The Hall–Kier alpha value is -2.50. The average Bonchev–Trinajstić information content (AvgIpc) is 3.00. The highest BCUT2D eigenvalue weighted by atomic mass is 19.1. The number of furan rings is 1. The lowest BCUT2D eigenvalue weighted by Gasteiger charge is -2.20. The van der Waals surface area contributed by atoms with Crippen LogP contribution in [0.15, 0.2) is 47.1 Å². The molecule has 1 aromatic carbocycles. The number of nitrogens with one attached hydrogen (secondary N) is 1. The number of halogens is 1. The largest absolute Gasteiger partial charge is 0.486 e. The van der Waals surface area contributed by atoms with Crippen LogP contribution in [0.3, 0.4) is 0 Å². The second-order valence-corrected chi connectivity index (χ2v) is 4.98. The summed E-state index contributed by atoms with van der Waals surface area (Å²) in [6.45, 7) is 2.41. The van der Waals surface area contributed by atoms with Gasteiger partial charge in [0, 0.05) is 7.05 Å². The van der Waals surface area contributed by atoms with E-state index >= 15 is 0 Å². The number of benzene rings is 1. The molecule has 22 heavy (non-hydrogen) atoms. The van der Waals surface area contributed by atoms with Gasteiger partial charge in [0.05, 0.1) is 19.4 Å². The highest BCUT2D eigenvalue weighted by Crippen LogP contribution is 2.16. The van der Waals surface area contributed by atoms with Gasteiger partial charge in [0.25, 0.3) is 0 Å². The highest BCUT2D eigenvalue weighted by Gasteiger charge is 2.13. The molecule has 0 aliphatic heterocycles. The molecule has 0 unspecified atom stereocenters. The molecule has 0 aliphatic carbocycles. The van der Waals surface area contributed by atoms with Gasteiger partial charge in [0.15, 0.2) is 11.6 Å². The van der Waals surface area contributed by atoms with Crippen LogP contribution in [-0.2, 0) is 6.54 Å². The van der Waals surface area contributed by atoms with Crippen molar-refractivity contribution in [2.24, 2.45) is 0 Å². The molecule has 1 heterocycles. The third kappa shape index (κ3) is 4.51. The summed E-state index contributed by atoms with van der Waals surface area (Å²) in [5, 5.41) is 2.73. The summed E-state index contributed by atoms with van der Waals surface area (Å²) >= 11 is 0. The molecule has 0 spiro atoms. The maximum absolute atomic E-state index is 13.5. The molecule has 0 bridgehead atoms. The van der Waals surface area contributed by atoms with Crippen molar-refractivity contribution in [2.75, 3.05) is 13.6 Å². The van der Waals surface area contributed by atoms with E-state index in [1.54, 1.807) is 50.6 Å². The second-order valence-electron chi connectivity index (χ2n) is 4.98. The minimum absolute atomic E-state index is 0.174. The third-order valence-corrected chi connectivity index (χ3v) is 3.03. The molecule has 2 rings (SSSR count). The molecule has 0 radical (unpaired) electrons. The van der Waals surface area contributed by atoms with Gasteiger partial charge in [-0.25, -0.2) is 9.18 Å². The Kier molecular flexibility index (Phi) is 5.41. The standard InChI is InChI=1S/C16H19FN2O3/c1-12(22-15-8-4-3-7-14(15)17)10-18-16(20)19(2)11-13-6-5-9-21-13/h3-9,12H,10-11H2,1-2H3,(H,18,20)/t12-/m1/s1. The van der Waals surface area contributed by atoms with Crippen LogP contribution in [0.5, 0.6) is 5.75 Å². The molecule has 2 aromatic rings. The van der Waals surface area contributed by atoms with E-state index in [9.17, 15) is 9.18 Å². The van der Waals surface area contributed by atoms with Gasteiger partial charge in [0.1, 0.15) is 11.9 Å². The van der Waals surface area contributed by atoms with Gasteiger partial charge >= 0.3 is 6.03 Å². The van der Waals surface area contributed by atoms with Crippen molar-refractivity contribution >= 4 is 6.03 Å². The normalized spacial score (nSPS) is 11.8. The number of urea groups is 1. The molecule has 2 amide bonds. The fourth-order valence-electron chi connectivity index (χ4n) is 1.87. The zero-order chi connectivity index (χ0) is 15.9. The third-order valence-electron chi connectivity index (χ3n) is 3.03. The van der Waals surface area contributed by atoms with Crippen molar-refractivity contribution in [3.63, 3.8) is 0 Å². The maximum Gasteiger partial charge on any atom is 0.317 e. The summed E-state index contributed by atoms with van der Waals surface area (Å²) in [5.41, 5.74) is 0. The van der Waals surface area contributed by atoms with E-state index in [1.165, 1.54) is 11.0 Å². The summed E-state index contributed by atoms with van der Waals surface area (Å²) in [5.74, 6) is 0.456. The van der Waals surface area contributed by atoms with Crippen LogP contribution in [0.2, 0.25) is 0 Å². The molecule has 118 valence electrons. The van der Waals surface area contributed by atoms with Gasteiger partial charge in [-0.15, -0.1) is 0 Å². The number of nitrogens with zero attached hydrogens (tertiary/aromatic N) is 1. The predicted molar refractivity (Wildman–Crippen MR) is 80.1 cm³/mol. The fraction of sp³-hybridized carbons (Fsp3) is 0.312. The average molecular weight is 306 g/mol. The lowest BCUT2D eigenvalue weighted by atomic mass is 10.3. The quantitative estimate of drug-likeness (QED) is 0.892. The van der Waals surface area contributed by atoms with Crippen LogP contribution in [0, 0.1) is 5.82 Å². The Balaban J connectivity index is 1.77. The van der Waals surface area contributed by atoms with Crippen molar-refractivity contribution in [3.8, 4) is 5.75 Å². The Labute approximate surface area is 128 Å². The Morgan fingerprint density at radius 3 is 2.82 bits per heavy atom. The van der Waals surface area contributed by atoms with Gasteiger partial charge in [-0.2, -0.15) is 0 Å². The number of carbonyl (C=O) groups excluding carboxylic acids is 1. The molecule has 0 saturated heterocycles. The number of ether oxygens (including phenoxy) is 1. The van der Waals surface area contributed by atoms with Gasteiger partial charge in [0.2, 0.25) is 0 Å². The smallest absolute Gasteiger partial charge is 0.317 e. The number of rotatable bonds is 6. The molecule has 0 fully saturated rings. The van der Waals surface area contributed by atoms with Crippen LogP contribution in [0.25, 0.3) is 0 Å². The van der Waals surface area contributed by atoms with E-state index in [1.807, 2.05) is 0 Å². The van der Waals surface area contributed by atoms with E-state index in [0.717, 1.165) is 0 Å².